The molecule has 0 unspecified atom stereocenters. The van der Waals surface area contributed by atoms with Crippen LogP contribution in [0.1, 0.15) is 43.1 Å². The minimum Gasteiger partial charge on any atom is -0.467 e. The Labute approximate surface area is 212 Å². The number of nitrogens with one attached hydrogen (secondary N) is 2. The largest absolute Gasteiger partial charge is 0.467 e. The predicted molar refractivity (Wildman–Crippen MR) is 138 cm³/mol. The number of para-hydroxylation sites is 1. The van der Waals surface area contributed by atoms with E-state index in [4.69, 9.17) is 5.73 Å². The van der Waals surface area contributed by atoms with Gasteiger partial charge in [-0.1, -0.05) is 56.3 Å². The highest BCUT2D eigenvalue weighted by atomic mass is 16.5. The fourth-order valence-electron chi connectivity index (χ4n) is 3.78. The van der Waals surface area contributed by atoms with Crippen LogP contribution in [0, 0.1) is 5.92 Å². The second-order valence-electron chi connectivity index (χ2n) is 9.14. The topological polar surface area (TPSA) is 131 Å². The first-order valence-corrected chi connectivity index (χ1v) is 11.9. The highest BCUT2D eigenvalue weighted by Gasteiger charge is 2.31. The Morgan fingerprint density at radius 3 is 2.19 bits per heavy atom. The van der Waals surface area contributed by atoms with Crippen molar-refractivity contribution in [1.82, 2.24) is 10.2 Å². The van der Waals surface area contributed by atoms with Crippen LogP contribution in [0.5, 0.6) is 0 Å². The van der Waals surface area contributed by atoms with Gasteiger partial charge in [0.2, 0.25) is 11.8 Å². The molecule has 9 heteroatoms. The van der Waals surface area contributed by atoms with E-state index in [1.807, 2.05) is 44.2 Å². The zero-order chi connectivity index (χ0) is 26.8. The molecule has 0 heterocycles. The van der Waals surface area contributed by atoms with Gasteiger partial charge >= 0.3 is 5.97 Å². The summed E-state index contributed by atoms with van der Waals surface area (Å²) < 4.78 is 4.65. The van der Waals surface area contributed by atoms with E-state index < -0.39 is 35.9 Å². The number of likely N-dealkylation sites (N-methyl/N-ethyl adjacent to an activating group) is 1. The molecule has 0 saturated carbocycles. The maximum Gasteiger partial charge on any atom is 0.328 e. The highest BCUT2D eigenvalue weighted by molar-refractivity contribution is 6.06. The van der Waals surface area contributed by atoms with Gasteiger partial charge in [0.05, 0.1) is 24.4 Å². The fourth-order valence-corrected chi connectivity index (χ4v) is 3.78. The number of rotatable bonds is 11. The van der Waals surface area contributed by atoms with Gasteiger partial charge in [-0.15, -0.1) is 0 Å². The van der Waals surface area contributed by atoms with E-state index >= 15 is 0 Å². The van der Waals surface area contributed by atoms with Crippen LogP contribution in [0.25, 0.3) is 0 Å². The van der Waals surface area contributed by atoms with Crippen LogP contribution in [0.3, 0.4) is 0 Å². The van der Waals surface area contributed by atoms with E-state index in [0.29, 0.717) is 6.42 Å². The van der Waals surface area contributed by atoms with Crippen molar-refractivity contribution in [2.45, 2.75) is 51.7 Å². The quantitative estimate of drug-likeness (QED) is 0.410. The number of carbonyl (C=O) groups excluding carboxylic acids is 4. The summed E-state index contributed by atoms with van der Waals surface area (Å²) >= 11 is 0. The molecule has 4 N–H and O–H groups in total. The Morgan fingerprint density at radius 2 is 1.58 bits per heavy atom. The predicted octanol–water partition coefficient (Wildman–Crippen LogP) is 2.36. The first kappa shape index (κ1) is 28.5. The molecule has 3 amide bonds. The van der Waals surface area contributed by atoms with E-state index in [9.17, 15) is 19.2 Å². The molecular formula is C27H36N4O5. The number of anilines is 1. The number of hydrogen-bond donors (Lipinski definition) is 3. The van der Waals surface area contributed by atoms with Crippen molar-refractivity contribution >= 4 is 29.4 Å². The Bertz CT molecular complexity index is 1060. The van der Waals surface area contributed by atoms with Crippen molar-refractivity contribution < 1.29 is 23.9 Å². The maximum atomic E-state index is 13.5. The summed E-state index contributed by atoms with van der Waals surface area (Å²) in [4.78, 5) is 52.5. The molecule has 2 aromatic carbocycles. The third-order valence-electron chi connectivity index (χ3n) is 5.76. The first-order chi connectivity index (χ1) is 17.0. The van der Waals surface area contributed by atoms with Crippen LogP contribution in [0.2, 0.25) is 0 Å². The monoisotopic (exact) mass is 496 g/mol. The smallest absolute Gasteiger partial charge is 0.328 e. The van der Waals surface area contributed by atoms with E-state index in [2.05, 4.69) is 15.4 Å². The summed E-state index contributed by atoms with van der Waals surface area (Å²) in [6, 6.07) is 13.3. The summed E-state index contributed by atoms with van der Waals surface area (Å²) in [5.41, 5.74) is 7.43. The number of ether oxygens (including phenoxy) is 1. The molecule has 194 valence electrons. The lowest BCUT2D eigenvalue weighted by Gasteiger charge is -2.30. The Morgan fingerprint density at radius 1 is 0.972 bits per heavy atom. The first-order valence-electron chi connectivity index (χ1n) is 11.9. The molecule has 0 aliphatic rings. The molecule has 0 fully saturated rings. The molecule has 3 atom stereocenters. The second kappa shape index (κ2) is 13.4. The van der Waals surface area contributed by atoms with Crippen LogP contribution in [0.4, 0.5) is 5.69 Å². The third-order valence-corrected chi connectivity index (χ3v) is 5.76. The van der Waals surface area contributed by atoms with Gasteiger partial charge in [0.1, 0.15) is 12.1 Å². The van der Waals surface area contributed by atoms with Crippen LogP contribution in [-0.4, -0.2) is 60.9 Å². The third kappa shape index (κ3) is 7.91. The fraction of sp³-hybridized carbons (Fsp3) is 0.407. The van der Waals surface area contributed by atoms with Gasteiger partial charge in [-0.3, -0.25) is 14.4 Å². The second-order valence-corrected chi connectivity index (χ2v) is 9.14. The molecule has 0 aromatic heterocycles. The minimum atomic E-state index is -0.872. The maximum absolute atomic E-state index is 13.5. The SMILES string of the molecule is COC(=O)[C@H](C)NC(=O)c1ccccc1NC(=O)[C@H](Cc1ccccc1)N(C)C(=O)[C@@H](N)CC(C)C. The lowest BCUT2D eigenvalue weighted by molar-refractivity contribution is -0.142. The number of nitrogens with two attached hydrogens (primary N) is 1. The van der Waals surface area contributed by atoms with Crippen molar-refractivity contribution in [1.29, 1.82) is 0 Å². The number of benzene rings is 2. The molecule has 0 radical (unpaired) electrons. The zero-order valence-electron chi connectivity index (χ0n) is 21.5. The highest BCUT2D eigenvalue weighted by Crippen LogP contribution is 2.18. The summed E-state index contributed by atoms with van der Waals surface area (Å²) in [6.45, 7) is 5.45. The van der Waals surface area contributed by atoms with Gasteiger partial charge in [0.25, 0.3) is 5.91 Å². The van der Waals surface area contributed by atoms with Gasteiger partial charge in [-0.25, -0.2) is 4.79 Å². The molecule has 36 heavy (non-hydrogen) atoms. The average Bonchev–Trinajstić information content (AvgIpc) is 2.86. The number of methoxy groups -OCH3 is 1. The molecule has 0 aliphatic carbocycles. The summed E-state index contributed by atoms with van der Waals surface area (Å²) in [5, 5.41) is 5.35. The molecule has 0 saturated heterocycles. The van der Waals surface area contributed by atoms with E-state index in [1.54, 1.807) is 25.2 Å². The molecule has 0 spiro atoms. The molecule has 2 rings (SSSR count). The summed E-state index contributed by atoms with van der Waals surface area (Å²) in [7, 11) is 2.79. The molecule has 2 aromatic rings. The molecule has 0 bridgehead atoms. The number of nitrogens with zero attached hydrogens (tertiary/aromatic N) is 1. The summed E-state index contributed by atoms with van der Waals surface area (Å²) in [6.07, 6.45) is 0.751. The van der Waals surface area contributed by atoms with Crippen molar-refractivity contribution in [3.8, 4) is 0 Å². The van der Waals surface area contributed by atoms with Gasteiger partial charge in [0.15, 0.2) is 0 Å². The average molecular weight is 497 g/mol. The molecule has 9 nitrogen and oxygen atoms in total. The summed E-state index contributed by atoms with van der Waals surface area (Å²) in [5.74, 6) is -1.72. The zero-order valence-corrected chi connectivity index (χ0v) is 21.5. The van der Waals surface area contributed by atoms with Crippen molar-refractivity contribution in [3.63, 3.8) is 0 Å². The van der Waals surface area contributed by atoms with Crippen molar-refractivity contribution in [2.24, 2.45) is 11.7 Å². The van der Waals surface area contributed by atoms with Crippen molar-refractivity contribution in [2.75, 3.05) is 19.5 Å². The van der Waals surface area contributed by atoms with Gasteiger partial charge in [-0.2, -0.15) is 0 Å². The van der Waals surface area contributed by atoms with Gasteiger partial charge < -0.3 is 26.0 Å². The van der Waals surface area contributed by atoms with E-state index in [1.165, 1.54) is 25.0 Å². The van der Waals surface area contributed by atoms with E-state index in [0.717, 1.165) is 5.56 Å². The van der Waals surface area contributed by atoms with Crippen LogP contribution in [0.15, 0.2) is 54.6 Å². The number of esters is 1. The number of hydrogen-bond acceptors (Lipinski definition) is 6. The van der Waals surface area contributed by atoms with E-state index in [-0.39, 0.29) is 29.5 Å². The normalized spacial score (nSPS) is 13.3. The lowest BCUT2D eigenvalue weighted by atomic mass is 10.00. The van der Waals surface area contributed by atoms with Crippen LogP contribution >= 0.6 is 0 Å². The van der Waals surface area contributed by atoms with Crippen LogP contribution < -0.4 is 16.4 Å². The standard InChI is InChI=1S/C27H36N4O5/c1-17(2)15-21(28)26(34)31(4)23(16-19-11-7-6-8-12-19)25(33)30-22-14-10-9-13-20(22)24(32)29-18(3)27(35)36-5/h6-14,17-18,21,23H,15-16,28H2,1-5H3,(H,29,32)(H,30,33)/t18-,21-,23-/m0/s1. The lowest BCUT2D eigenvalue weighted by Crippen LogP contribution is -2.52. The number of carbonyl (C=O) groups is 4. The Kier molecular flexibility index (Phi) is 10.6. The Balaban J connectivity index is 2.30. The van der Waals surface area contributed by atoms with Gasteiger partial charge in [-0.05, 0) is 37.0 Å². The minimum absolute atomic E-state index is 0.172. The molecular weight excluding hydrogens is 460 g/mol. The van der Waals surface area contributed by atoms with Crippen LogP contribution in [-0.2, 0) is 25.5 Å². The number of amides is 3. The van der Waals surface area contributed by atoms with Crippen molar-refractivity contribution in [3.05, 3.63) is 65.7 Å². The van der Waals surface area contributed by atoms with Gasteiger partial charge in [0, 0.05) is 13.5 Å². The Hall–Kier alpha value is -3.72. The molecule has 0 aliphatic heterocycles.